The Labute approximate surface area is 353 Å². The fraction of sp³-hybridized carbons (Fsp3) is 0.863. The lowest BCUT2D eigenvalue weighted by atomic mass is 10.0. The molecular formula is C51H94O6. The summed E-state index contributed by atoms with van der Waals surface area (Å²) in [7, 11) is 0. The number of esters is 3. The summed E-state index contributed by atoms with van der Waals surface area (Å²) >= 11 is 0. The lowest BCUT2D eigenvalue weighted by Crippen LogP contribution is -2.30. The normalized spacial score (nSPS) is 12.1. The van der Waals surface area contributed by atoms with E-state index < -0.39 is 6.10 Å². The molecule has 0 saturated carbocycles. The maximum absolute atomic E-state index is 12.7. The van der Waals surface area contributed by atoms with Crippen LogP contribution in [0.4, 0.5) is 0 Å². The molecule has 0 aliphatic heterocycles. The molecule has 0 heterocycles. The van der Waals surface area contributed by atoms with E-state index in [4.69, 9.17) is 14.2 Å². The summed E-state index contributed by atoms with van der Waals surface area (Å²) in [5.74, 6) is -0.883. The topological polar surface area (TPSA) is 78.9 Å². The van der Waals surface area contributed by atoms with E-state index in [0.717, 1.165) is 70.6 Å². The Morgan fingerprint density at radius 3 is 0.930 bits per heavy atom. The van der Waals surface area contributed by atoms with Gasteiger partial charge in [-0.1, -0.05) is 206 Å². The number of hydrogen-bond donors (Lipinski definition) is 0. The van der Waals surface area contributed by atoms with E-state index >= 15 is 0 Å². The van der Waals surface area contributed by atoms with Gasteiger partial charge in [0.15, 0.2) is 6.10 Å². The average molecular weight is 803 g/mol. The predicted molar refractivity (Wildman–Crippen MR) is 243 cm³/mol. The molecule has 334 valence electrons. The monoisotopic (exact) mass is 803 g/mol. The molecule has 57 heavy (non-hydrogen) atoms. The van der Waals surface area contributed by atoms with Crippen molar-refractivity contribution >= 4 is 17.9 Å². The second-order valence-electron chi connectivity index (χ2n) is 16.7. The summed E-state index contributed by atoms with van der Waals surface area (Å²) in [6.45, 7) is 6.59. The smallest absolute Gasteiger partial charge is 0.306 e. The molecule has 1 unspecified atom stereocenters. The molecule has 0 aromatic heterocycles. The first-order valence-electron chi connectivity index (χ1n) is 24.8. The van der Waals surface area contributed by atoms with E-state index in [1.807, 2.05) is 0 Å². The molecular weight excluding hydrogens is 709 g/mol. The first-order valence-corrected chi connectivity index (χ1v) is 24.8. The van der Waals surface area contributed by atoms with Crippen LogP contribution in [0.25, 0.3) is 0 Å². The SMILES string of the molecule is CCCC/C=C\CCCCCCCC(=O)OCC(COC(=O)CCCCCCC/C=C\CCCCCCCCC)OC(=O)CCCCCCCCCCCCCC. The van der Waals surface area contributed by atoms with E-state index in [-0.39, 0.29) is 31.1 Å². The maximum atomic E-state index is 12.7. The molecule has 0 bridgehead atoms. The van der Waals surface area contributed by atoms with Crippen LogP contribution in [0.1, 0.15) is 265 Å². The van der Waals surface area contributed by atoms with Crippen LogP contribution < -0.4 is 0 Å². The van der Waals surface area contributed by atoms with Crippen molar-refractivity contribution in [3.8, 4) is 0 Å². The Bertz CT molecular complexity index is 927. The Hall–Kier alpha value is -2.11. The molecule has 0 aliphatic carbocycles. The van der Waals surface area contributed by atoms with Crippen molar-refractivity contribution in [1.29, 1.82) is 0 Å². The van der Waals surface area contributed by atoms with Crippen molar-refractivity contribution < 1.29 is 28.6 Å². The van der Waals surface area contributed by atoms with Crippen molar-refractivity contribution in [2.24, 2.45) is 0 Å². The number of unbranched alkanes of at least 4 members (excludes halogenated alkanes) is 30. The quantitative estimate of drug-likeness (QED) is 0.0264. The van der Waals surface area contributed by atoms with Crippen LogP contribution in [0, 0.1) is 0 Å². The van der Waals surface area contributed by atoms with Gasteiger partial charge in [-0.25, -0.2) is 0 Å². The zero-order valence-electron chi connectivity index (χ0n) is 38.1. The summed E-state index contributed by atoms with van der Waals surface area (Å²) in [6.07, 6.45) is 51.6. The molecule has 0 aliphatic rings. The highest BCUT2D eigenvalue weighted by atomic mass is 16.6. The first-order chi connectivity index (χ1) is 28.0. The van der Waals surface area contributed by atoms with Gasteiger partial charge >= 0.3 is 17.9 Å². The molecule has 1 atom stereocenters. The van der Waals surface area contributed by atoms with Gasteiger partial charge in [0.2, 0.25) is 0 Å². The average Bonchev–Trinajstić information content (AvgIpc) is 3.21. The summed E-state index contributed by atoms with van der Waals surface area (Å²) in [5, 5.41) is 0. The molecule has 0 spiro atoms. The summed E-state index contributed by atoms with van der Waals surface area (Å²) in [4.78, 5) is 37.8. The van der Waals surface area contributed by atoms with Crippen LogP contribution >= 0.6 is 0 Å². The Morgan fingerprint density at radius 1 is 0.333 bits per heavy atom. The van der Waals surface area contributed by atoms with Crippen LogP contribution in [-0.4, -0.2) is 37.2 Å². The number of carbonyl (C=O) groups excluding carboxylic acids is 3. The highest BCUT2D eigenvalue weighted by Gasteiger charge is 2.19. The highest BCUT2D eigenvalue weighted by molar-refractivity contribution is 5.71. The van der Waals surface area contributed by atoms with Crippen molar-refractivity contribution in [1.82, 2.24) is 0 Å². The van der Waals surface area contributed by atoms with E-state index in [9.17, 15) is 14.4 Å². The number of hydrogen-bond acceptors (Lipinski definition) is 6. The zero-order valence-corrected chi connectivity index (χ0v) is 38.1. The Kier molecular flexibility index (Phi) is 44.9. The summed E-state index contributed by atoms with van der Waals surface area (Å²) in [5.41, 5.74) is 0. The molecule has 0 aromatic rings. The maximum Gasteiger partial charge on any atom is 0.306 e. The van der Waals surface area contributed by atoms with Crippen LogP contribution in [-0.2, 0) is 28.6 Å². The fourth-order valence-electron chi connectivity index (χ4n) is 7.12. The molecule has 0 saturated heterocycles. The van der Waals surface area contributed by atoms with Crippen molar-refractivity contribution in [2.75, 3.05) is 13.2 Å². The van der Waals surface area contributed by atoms with Crippen LogP contribution in [0.3, 0.4) is 0 Å². The highest BCUT2D eigenvalue weighted by Crippen LogP contribution is 2.15. The summed E-state index contributed by atoms with van der Waals surface area (Å²) in [6, 6.07) is 0. The van der Waals surface area contributed by atoms with E-state index in [1.54, 1.807) is 0 Å². The van der Waals surface area contributed by atoms with E-state index in [1.165, 1.54) is 154 Å². The Balaban J connectivity index is 4.34. The second-order valence-corrected chi connectivity index (χ2v) is 16.7. The largest absolute Gasteiger partial charge is 0.462 e. The molecule has 6 heteroatoms. The number of allylic oxidation sites excluding steroid dienone is 4. The molecule has 0 aromatic carbocycles. The van der Waals surface area contributed by atoms with Gasteiger partial charge < -0.3 is 14.2 Å². The lowest BCUT2D eigenvalue weighted by Gasteiger charge is -2.18. The minimum Gasteiger partial charge on any atom is -0.462 e. The molecule has 0 N–H and O–H groups in total. The third kappa shape index (κ3) is 44.8. The Morgan fingerprint density at radius 2 is 0.596 bits per heavy atom. The van der Waals surface area contributed by atoms with E-state index in [2.05, 4.69) is 45.1 Å². The minimum atomic E-state index is -0.771. The second kappa shape index (κ2) is 46.6. The van der Waals surface area contributed by atoms with Crippen LogP contribution in [0.2, 0.25) is 0 Å². The number of carbonyl (C=O) groups is 3. The molecule has 0 rings (SSSR count). The van der Waals surface area contributed by atoms with E-state index in [0.29, 0.717) is 19.3 Å². The molecule has 0 amide bonds. The summed E-state index contributed by atoms with van der Waals surface area (Å²) < 4.78 is 16.7. The minimum absolute atomic E-state index is 0.0750. The van der Waals surface area contributed by atoms with Crippen molar-refractivity contribution in [3.63, 3.8) is 0 Å². The third-order valence-electron chi connectivity index (χ3n) is 10.9. The zero-order chi connectivity index (χ0) is 41.5. The van der Waals surface area contributed by atoms with Crippen LogP contribution in [0.15, 0.2) is 24.3 Å². The van der Waals surface area contributed by atoms with Crippen molar-refractivity contribution in [2.45, 2.75) is 271 Å². The number of rotatable bonds is 45. The predicted octanol–water partition coefficient (Wildman–Crippen LogP) is 16.0. The third-order valence-corrected chi connectivity index (χ3v) is 10.9. The molecule has 0 radical (unpaired) electrons. The van der Waals surface area contributed by atoms with Crippen LogP contribution in [0.5, 0.6) is 0 Å². The first kappa shape index (κ1) is 54.9. The van der Waals surface area contributed by atoms with Gasteiger partial charge in [0.1, 0.15) is 13.2 Å². The van der Waals surface area contributed by atoms with Gasteiger partial charge in [-0.15, -0.1) is 0 Å². The fourth-order valence-corrected chi connectivity index (χ4v) is 7.12. The number of ether oxygens (including phenoxy) is 3. The van der Waals surface area contributed by atoms with Gasteiger partial charge in [0.05, 0.1) is 0 Å². The van der Waals surface area contributed by atoms with Gasteiger partial charge in [-0.3, -0.25) is 14.4 Å². The lowest BCUT2D eigenvalue weighted by molar-refractivity contribution is -0.167. The van der Waals surface area contributed by atoms with Gasteiger partial charge in [0, 0.05) is 19.3 Å². The standard InChI is InChI=1S/C51H94O6/c1-4-7-10-13-16-19-22-24-25-26-27-30-32-35-38-41-44-50(53)56-47-48(46-55-49(52)43-40-37-34-31-28-21-18-15-12-9-6-3)57-51(54)45-42-39-36-33-29-23-20-17-14-11-8-5-2/h15,18,25-26,48H,4-14,16-17,19-24,27-47H2,1-3H3/b18-15-,26-25-. The molecule has 0 fully saturated rings. The van der Waals surface area contributed by atoms with Gasteiger partial charge in [0.25, 0.3) is 0 Å². The van der Waals surface area contributed by atoms with Gasteiger partial charge in [-0.05, 0) is 64.2 Å². The molecule has 6 nitrogen and oxygen atoms in total. The van der Waals surface area contributed by atoms with Crippen molar-refractivity contribution in [3.05, 3.63) is 24.3 Å². The van der Waals surface area contributed by atoms with Gasteiger partial charge in [-0.2, -0.15) is 0 Å².